The maximum atomic E-state index is 5.29. The first-order valence-corrected chi connectivity index (χ1v) is 5.12. The molecule has 0 aliphatic carbocycles. The van der Waals surface area contributed by atoms with Gasteiger partial charge >= 0.3 is 0 Å². The monoisotopic (exact) mass is 226 g/mol. The van der Waals surface area contributed by atoms with Crippen molar-refractivity contribution in [2.24, 2.45) is 5.84 Å². The quantitative estimate of drug-likeness (QED) is 0.504. The Morgan fingerprint density at radius 2 is 1.94 bits per heavy atom. The molecule has 0 bridgehead atoms. The Labute approximate surface area is 97.1 Å². The molecule has 84 valence electrons. The molecule has 0 unspecified atom stereocenters. The SMILES string of the molecule is NNc1nc2nccc(-c3ccccc3)n2n1. The predicted molar refractivity (Wildman–Crippen MR) is 64.0 cm³/mol. The van der Waals surface area contributed by atoms with Gasteiger partial charge in [0, 0.05) is 11.8 Å². The van der Waals surface area contributed by atoms with Crippen LogP contribution in [0.25, 0.3) is 17.0 Å². The van der Waals surface area contributed by atoms with E-state index in [1.807, 2.05) is 36.4 Å². The standard InChI is InChI=1S/C11H10N6/c12-15-10-14-11-13-7-6-9(17(11)16-10)8-4-2-1-3-5-8/h1-7H,12H2,(H,15,16). The fourth-order valence-electron chi connectivity index (χ4n) is 1.68. The molecule has 0 aliphatic heterocycles. The Bertz CT molecular complexity index is 645. The average molecular weight is 226 g/mol. The van der Waals surface area contributed by atoms with E-state index < -0.39 is 0 Å². The highest BCUT2D eigenvalue weighted by molar-refractivity contribution is 5.61. The number of nitrogen functional groups attached to an aromatic ring is 1. The van der Waals surface area contributed by atoms with Crippen molar-refractivity contribution in [2.75, 3.05) is 5.43 Å². The molecule has 0 atom stereocenters. The number of nitrogens with one attached hydrogen (secondary N) is 1. The van der Waals surface area contributed by atoms with Crippen molar-refractivity contribution in [3.63, 3.8) is 0 Å². The zero-order valence-corrected chi connectivity index (χ0v) is 8.91. The summed E-state index contributed by atoms with van der Waals surface area (Å²) in [4.78, 5) is 8.25. The van der Waals surface area contributed by atoms with E-state index in [9.17, 15) is 0 Å². The van der Waals surface area contributed by atoms with Gasteiger partial charge in [-0.3, -0.25) is 5.43 Å². The lowest BCUT2D eigenvalue weighted by Crippen LogP contribution is -2.08. The van der Waals surface area contributed by atoms with Crippen LogP contribution in [0.1, 0.15) is 0 Å². The maximum Gasteiger partial charge on any atom is 0.258 e. The third kappa shape index (κ3) is 1.60. The molecule has 3 N–H and O–H groups in total. The Morgan fingerprint density at radius 1 is 1.12 bits per heavy atom. The van der Waals surface area contributed by atoms with Crippen LogP contribution in [0.15, 0.2) is 42.6 Å². The van der Waals surface area contributed by atoms with Gasteiger partial charge in [0.2, 0.25) is 0 Å². The van der Waals surface area contributed by atoms with Gasteiger partial charge in [0.15, 0.2) is 0 Å². The maximum absolute atomic E-state index is 5.29. The Balaban J connectivity index is 2.26. The van der Waals surface area contributed by atoms with Crippen LogP contribution < -0.4 is 11.3 Å². The van der Waals surface area contributed by atoms with Gasteiger partial charge in [-0.1, -0.05) is 30.3 Å². The summed E-state index contributed by atoms with van der Waals surface area (Å²) in [7, 11) is 0. The molecule has 0 saturated heterocycles. The summed E-state index contributed by atoms with van der Waals surface area (Å²) in [6, 6.07) is 11.8. The van der Waals surface area contributed by atoms with Crippen LogP contribution in [-0.4, -0.2) is 19.6 Å². The number of hydrazine groups is 1. The van der Waals surface area contributed by atoms with E-state index in [2.05, 4.69) is 20.5 Å². The lowest BCUT2D eigenvalue weighted by Gasteiger charge is -2.02. The summed E-state index contributed by atoms with van der Waals surface area (Å²) in [5.74, 6) is 6.15. The minimum absolute atomic E-state index is 0.348. The highest BCUT2D eigenvalue weighted by Gasteiger charge is 2.08. The number of nitrogens with two attached hydrogens (primary N) is 1. The molecule has 0 spiro atoms. The van der Waals surface area contributed by atoms with E-state index in [4.69, 9.17) is 5.84 Å². The normalized spacial score (nSPS) is 10.6. The summed E-state index contributed by atoms with van der Waals surface area (Å²) < 4.78 is 1.66. The molecule has 3 rings (SSSR count). The van der Waals surface area contributed by atoms with Crippen molar-refractivity contribution in [1.29, 1.82) is 0 Å². The minimum atomic E-state index is 0.348. The van der Waals surface area contributed by atoms with Crippen molar-refractivity contribution in [3.8, 4) is 11.3 Å². The third-order valence-electron chi connectivity index (χ3n) is 2.44. The van der Waals surface area contributed by atoms with Crippen LogP contribution in [0, 0.1) is 0 Å². The molecular weight excluding hydrogens is 216 g/mol. The first kappa shape index (κ1) is 9.73. The largest absolute Gasteiger partial charge is 0.291 e. The van der Waals surface area contributed by atoms with Crippen molar-refractivity contribution in [1.82, 2.24) is 19.6 Å². The highest BCUT2D eigenvalue weighted by atomic mass is 15.4. The van der Waals surface area contributed by atoms with Crippen molar-refractivity contribution >= 4 is 11.7 Å². The van der Waals surface area contributed by atoms with Gasteiger partial charge in [0.05, 0.1) is 5.69 Å². The number of hydrogen-bond acceptors (Lipinski definition) is 5. The molecule has 17 heavy (non-hydrogen) atoms. The molecule has 1 aromatic carbocycles. The van der Waals surface area contributed by atoms with Gasteiger partial charge in [-0.25, -0.2) is 10.8 Å². The fraction of sp³-hybridized carbons (Fsp3) is 0. The van der Waals surface area contributed by atoms with Crippen LogP contribution >= 0.6 is 0 Å². The molecule has 2 heterocycles. The van der Waals surface area contributed by atoms with Crippen molar-refractivity contribution in [2.45, 2.75) is 0 Å². The Morgan fingerprint density at radius 3 is 2.71 bits per heavy atom. The molecule has 0 fully saturated rings. The minimum Gasteiger partial charge on any atom is -0.291 e. The molecule has 6 heteroatoms. The number of nitrogens with zero attached hydrogens (tertiary/aromatic N) is 4. The van der Waals surface area contributed by atoms with E-state index in [0.717, 1.165) is 11.3 Å². The van der Waals surface area contributed by atoms with Gasteiger partial charge in [0.1, 0.15) is 0 Å². The molecule has 3 aromatic rings. The van der Waals surface area contributed by atoms with E-state index in [1.54, 1.807) is 10.7 Å². The first-order chi connectivity index (χ1) is 8.38. The summed E-state index contributed by atoms with van der Waals surface area (Å²) in [6.07, 6.45) is 1.70. The molecular formula is C11H10N6. The number of anilines is 1. The van der Waals surface area contributed by atoms with Crippen LogP contribution in [-0.2, 0) is 0 Å². The lowest BCUT2D eigenvalue weighted by molar-refractivity contribution is 0.946. The van der Waals surface area contributed by atoms with Crippen LogP contribution in [0.5, 0.6) is 0 Å². The summed E-state index contributed by atoms with van der Waals surface area (Å²) in [5.41, 5.74) is 4.38. The smallest absolute Gasteiger partial charge is 0.258 e. The second-order valence-electron chi connectivity index (χ2n) is 3.49. The van der Waals surface area contributed by atoms with Crippen LogP contribution in [0.4, 0.5) is 5.95 Å². The molecule has 0 amide bonds. The van der Waals surface area contributed by atoms with Gasteiger partial charge in [-0.2, -0.15) is 9.50 Å². The van der Waals surface area contributed by atoms with E-state index in [0.29, 0.717) is 11.7 Å². The number of hydrogen-bond donors (Lipinski definition) is 2. The van der Waals surface area contributed by atoms with Gasteiger partial charge in [0.25, 0.3) is 11.7 Å². The molecule has 0 aliphatic rings. The topological polar surface area (TPSA) is 81.1 Å². The number of fused-ring (bicyclic) bond motifs is 1. The van der Waals surface area contributed by atoms with Crippen LogP contribution in [0.3, 0.4) is 0 Å². The second kappa shape index (κ2) is 3.84. The predicted octanol–water partition coefficient (Wildman–Crippen LogP) is 1.08. The van der Waals surface area contributed by atoms with Gasteiger partial charge in [-0.15, -0.1) is 5.10 Å². The molecule has 2 aromatic heterocycles. The number of rotatable bonds is 2. The third-order valence-corrected chi connectivity index (χ3v) is 2.44. The summed E-state index contributed by atoms with van der Waals surface area (Å²) in [6.45, 7) is 0. The van der Waals surface area contributed by atoms with E-state index >= 15 is 0 Å². The summed E-state index contributed by atoms with van der Waals surface area (Å²) >= 11 is 0. The number of aromatic nitrogens is 4. The van der Waals surface area contributed by atoms with E-state index in [-0.39, 0.29) is 0 Å². The van der Waals surface area contributed by atoms with Crippen LogP contribution in [0.2, 0.25) is 0 Å². The lowest BCUT2D eigenvalue weighted by atomic mass is 10.1. The highest BCUT2D eigenvalue weighted by Crippen LogP contribution is 2.18. The fourth-order valence-corrected chi connectivity index (χ4v) is 1.68. The molecule has 0 radical (unpaired) electrons. The molecule has 6 nitrogen and oxygen atoms in total. The van der Waals surface area contributed by atoms with Gasteiger partial charge < -0.3 is 0 Å². The Hall–Kier alpha value is -2.47. The van der Waals surface area contributed by atoms with E-state index in [1.165, 1.54) is 0 Å². The first-order valence-electron chi connectivity index (χ1n) is 5.12. The zero-order chi connectivity index (χ0) is 11.7. The average Bonchev–Trinajstić information content (AvgIpc) is 2.82. The Kier molecular flexibility index (Phi) is 2.20. The molecule has 0 saturated carbocycles. The summed E-state index contributed by atoms with van der Waals surface area (Å²) in [5, 5.41) is 4.21. The zero-order valence-electron chi connectivity index (χ0n) is 8.91. The van der Waals surface area contributed by atoms with Crippen molar-refractivity contribution in [3.05, 3.63) is 42.6 Å². The number of benzene rings is 1. The van der Waals surface area contributed by atoms with Crippen molar-refractivity contribution < 1.29 is 0 Å². The second-order valence-corrected chi connectivity index (χ2v) is 3.49. The van der Waals surface area contributed by atoms with Gasteiger partial charge in [-0.05, 0) is 6.07 Å².